The summed E-state index contributed by atoms with van der Waals surface area (Å²) in [6.07, 6.45) is 0. The second kappa shape index (κ2) is 7.79. The zero-order valence-electron chi connectivity index (χ0n) is 14.1. The molecule has 0 aliphatic rings. The molecule has 0 saturated heterocycles. The number of imidazole rings is 1. The summed E-state index contributed by atoms with van der Waals surface area (Å²) in [4.78, 5) is 8.42. The minimum atomic E-state index is -0.0193. The third-order valence-corrected chi connectivity index (χ3v) is 4.59. The summed E-state index contributed by atoms with van der Waals surface area (Å²) in [5, 5.41) is 21.1. The van der Waals surface area contributed by atoms with Gasteiger partial charge >= 0.3 is 0 Å². The van der Waals surface area contributed by atoms with Crippen LogP contribution in [0.2, 0.25) is 10.0 Å². The first kappa shape index (κ1) is 18.3. The van der Waals surface area contributed by atoms with E-state index in [0.29, 0.717) is 22.4 Å². The lowest BCUT2D eigenvalue weighted by Crippen LogP contribution is -3.07. The van der Waals surface area contributed by atoms with Crippen LogP contribution in [0, 0.1) is 11.3 Å². The van der Waals surface area contributed by atoms with Crippen LogP contribution in [0.25, 0.3) is 16.6 Å². The Kier molecular flexibility index (Phi) is 5.48. The van der Waals surface area contributed by atoms with Gasteiger partial charge in [0.2, 0.25) is 0 Å². The largest absolute Gasteiger partial charge is 0.506 e. The SMILES string of the molecule is C[NH+](C/C(O)=C(\C#N)c1nc2ccccc2[nH]1)Cc1ccc(Cl)cc1Cl. The quantitative estimate of drug-likeness (QED) is 0.463. The lowest BCUT2D eigenvalue weighted by molar-refractivity contribution is -0.890. The average Bonchev–Trinajstić information content (AvgIpc) is 3.01. The number of nitrogens with zero attached hydrogens (tertiary/aromatic N) is 2. The Balaban J connectivity index is 1.80. The lowest BCUT2D eigenvalue weighted by Gasteiger charge is -2.15. The first-order valence-corrected chi connectivity index (χ1v) is 8.76. The molecule has 0 amide bonds. The van der Waals surface area contributed by atoms with Crippen molar-refractivity contribution in [1.29, 1.82) is 5.26 Å². The normalized spacial score (nSPS) is 13.3. The average molecular weight is 388 g/mol. The third-order valence-electron chi connectivity index (χ3n) is 4.00. The van der Waals surface area contributed by atoms with Gasteiger partial charge in [-0.05, 0) is 24.3 Å². The van der Waals surface area contributed by atoms with E-state index in [4.69, 9.17) is 23.2 Å². The maximum atomic E-state index is 10.5. The van der Waals surface area contributed by atoms with Crippen molar-refractivity contribution in [3.05, 3.63) is 69.7 Å². The number of nitriles is 1. The van der Waals surface area contributed by atoms with Crippen LogP contribution >= 0.6 is 23.2 Å². The number of quaternary nitrogens is 1. The van der Waals surface area contributed by atoms with Crippen molar-refractivity contribution in [3.63, 3.8) is 0 Å². The van der Waals surface area contributed by atoms with Gasteiger partial charge in [0.1, 0.15) is 24.7 Å². The lowest BCUT2D eigenvalue weighted by atomic mass is 10.2. The Morgan fingerprint density at radius 2 is 2.04 bits per heavy atom. The van der Waals surface area contributed by atoms with Crippen molar-refractivity contribution in [2.45, 2.75) is 6.54 Å². The number of para-hydroxylation sites is 2. The number of hydrogen-bond acceptors (Lipinski definition) is 3. The molecule has 1 aromatic heterocycles. The third kappa shape index (κ3) is 4.00. The van der Waals surface area contributed by atoms with Gasteiger partial charge in [-0.1, -0.05) is 41.4 Å². The number of halogens is 2. The van der Waals surface area contributed by atoms with E-state index in [9.17, 15) is 10.4 Å². The highest BCUT2D eigenvalue weighted by atomic mass is 35.5. The zero-order valence-corrected chi connectivity index (χ0v) is 15.6. The first-order chi connectivity index (χ1) is 12.5. The molecule has 2 aromatic carbocycles. The smallest absolute Gasteiger partial charge is 0.169 e. The summed E-state index contributed by atoms with van der Waals surface area (Å²) in [5.74, 6) is 0.345. The molecule has 0 fully saturated rings. The number of likely N-dealkylation sites (N-methyl/N-ethyl adjacent to an activating group) is 1. The van der Waals surface area contributed by atoms with E-state index in [1.165, 1.54) is 0 Å². The summed E-state index contributed by atoms with van der Waals surface area (Å²) >= 11 is 12.1. The van der Waals surface area contributed by atoms with Crippen LogP contribution in [0.3, 0.4) is 0 Å². The van der Waals surface area contributed by atoms with E-state index >= 15 is 0 Å². The summed E-state index contributed by atoms with van der Waals surface area (Å²) < 4.78 is 0. The molecule has 0 bridgehead atoms. The Morgan fingerprint density at radius 1 is 1.27 bits per heavy atom. The second-order valence-corrected chi connectivity index (χ2v) is 6.93. The van der Waals surface area contributed by atoms with Gasteiger partial charge in [-0.2, -0.15) is 5.26 Å². The van der Waals surface area contributed by atoms with Crippen molar-refractivity contribution in [2.24, 2.45) is 0 Å². The van der Waals surface area contributed by atoms with Gasteiger partial charge in [-0.3, -0.25) is 0 Å². The number of fused-ring (bicyclic) bond motifs is 1. The first-order valence-electron chi connectivity index (χ1n) is 8.00. The van der Waals surface area contributed by atoms with Crippen LogP contribution in [-0.4, -0.2) is 28.7 Å². The highest BCUT2D eigenvalue weighted by molar-refractivity contribution is 6.35. The summed E-state index contributed by atoms with van der Waals surface area (Å²) in [6.45, 7) is 0.845. The van der Waals surface area contributed by atoms with Gasteiger partial charge in [0.05, 0.1) is 23.1 Å². The van der Waals surface area contributed by atoms with E-state index in [2.05, 4.69) is 9.97 Å². The molecule has 0 aliphatic carbocycles. The van der Waals surface area contributed by atoms with Crippen molar-refractivity contribution < 1.29 is 10.0 Å². The molecule has 1 heterocycles. The molecule has 3 aromatic rings. The highest BCUT2D eigenvalue weighted by Crippen LogP contribution is 2.20. The fourth-order valence-electron chi connectivity index (χ4n) is 2.75. The number of H-pyrrole nitrogens is 1. The number of hydrogen-bond donors (Lipinski definition) is 3. The molecule has 5 nitrogen and oxygen atoms in total. The van der Waals surface area contributed by atoms with Crippen molar-refractivity contribution in [3.8, 4) is 6.07 Å². The van der Waals surface area contributed by atoms with Crippen LogP contribution in [0.15, 0.2) is 48.2 Å². The Bertz CT molecular complexity index is 987. The number of aromatic amines is 1. The Labute approximate surface area is 161 Å². The highest BCUT2D eigenvalue weighted by Gasteiger charge is 2.17. The van der Waals surface area contributed by atoms with E-state index in [1.807, 2.05) is 43.4 Å². The fraction of sp³-hybridized carbons (Fsp3) is 0.158. The molecule has 26 heavy (non-hydrogen) atoms. The monoisotopic (exact) mass is 387 g/mol. The number of aliphatic hydroxyl groups is 1. The molecule has 0 radical (unpaired) electrons. The standard InChI is InChI=1S/C19H16Cl2N4O/c1-25(10-12-6-7-13(20)8-15(12)21)11-18(26)14(9-22)19-23-16-4-2-3-5-17(16)24-19/h2-8,26H,10-11H2,1H3,(H,23,24)/p+1/b18-14-. The van der Waals surface area contributed by atoms with Crippen LogP contribution in [-0.2, 0) is 6.54 Å². The van der Waals surface area contributed by atoms with E-state index < -0.39 is 0 Å². The Morgan fingerprint density at radius 3 is 2.73 bits per heavy atom. The molecule has 1 atom stereocenters. The molecule has 0 aliphatic heterocycles. The number of aliphatic hydroxyl groups excluding tert-OH is 1. The van der Waals surface area contributed by atoms with Gasteiger partial charge in [0.25, 0.3) is 0 Å². The number of aromatic nitrogens is 2. The second-order valence-electron chi connectivity index (χ2n) is 6.08. The molecule has 0 spiro atoms. The minimum absolute atomic E-state index is 0.0193. The van der Waals surface area contributed by atoms with Crippen LogP contribution < -0.4 is 4.90 Å². The van der Waals surface area contributed by atoms with Crippen molar-refractivity contribution >= 4 is 39.8 Å². The van der Waals surface area contributed by atoms with Gasteiger partial charge in [0.15, 0.2) is 11.6 Å². The van der Waals surface area contributed by atoms with E-state index in [-0.39, 0.29) is 17.9 Å². The van der Waals surface area contributed by atoms with Crippen LogP contribution in [0.4, 0.5) is 0 Å². The molecular weight excluding hydrogens is 371 g/mol. The molecular formula is C19H17Cl2N4O+. The molecule has 3 rings (SSSR count). The van der Waals surface area contributed by atoms with Crippen LogP contribution in [0.5, 0.6) is 0 Å². The van der Waals surface area contributed by atoms with Gasteiger partial charge in [0, 0.05) is 10.6 Å². The number of allylic oxidation sites excluding steroid dienone is 1. The molecule has 3 N–H and O–H groups in total. The maximum Gasteiger partial charge on any atom is 0.169 e. The van der Waals surface area contributed by atoms with Gasteiger partial charge in [-0.25, -0.2) is 4.98 Å². The summed E-state index contributed by atoms with van der Waals surface area (Å²) in [6, 6.07) is 14.9. The summed E-state index contributed by atoms with van der Waals surface area (Å²) in [7, 11) is 1.91. The number of benzene rings is 2. The minimum Gasteiger partial charge on any atom is -0.506 e. The topological polar surface area (TPSA) is 77.1 Å². The molecule has 7 heteroatoms. The number of nitrogens with one attached hydrogen (secondary N) is 2. The van der Waals surface area contributed by atoms with Gasteiger partial charge < -0.3 is 15.0 Å². The molecule has 1 unspecified atom stereocenters. The molecule has 132 valence electrons. The summed E-state index contributed by atoms with van der Waals surface area (Å²) in [5.41, 5.74) is 2.62. The molecule has 0 saturated carbocycles. The van der Waals surface area contributed by atoms with Crippen molar-refractivity contribution in [1.82, 2.24) is 9.97 Å². The maximum absolute atomic E-state index is 10.5. The fourth-order valence-corrected chi connectivity index (χ4v) is 3.23. The van der Waals surface area contributed by atoms with Crippen molar-refractivity contribution in [2.75, 3.05) is 13.6 Å². The Hall–Kier alpha value is -2.52. The predicted molar refractivity (Wildman–Crippen MR) is 103 cm³/mol. The van der Waals surface area contributed by atoms with Crippen LogP contribution in [0.1, 0.15) is 11.4 Å². The van der Waals surface area contributed by atoms with Gasteiger partial charge in [-0.15, -0.1) is 0 Å². The van der Waals surface area contributed by atoms with E-state index in [1.54, 1.807) is 12.1 Å². The number of rotatable bonds is 5. The predicted octanol–water partition coefficient (Wildman–Crippen LogP) is 3.38. The van der Waals surface area contributed by atoms with E-state index in [0.717, 1.165) is 21.5 Å². The zero-order chi connectivity index (χ0) is 18.7.